The number of carbonyl (C=O) groups excluding carboxylic acids is 1. The number of amides is 1. The lowest BCUT2D eigenvalue weighted by Crippen LogP contribution is -2.53. The number of hydrogen-bond acceptors (Lipinski definition) is 4. The fourth-order valence-electron chi connectivity index (χ4n) is 2.30. The van der Waals surface area contributed by atoms with E-state index in [4.69, 9.17) is 5.11 Å². The number of rotatable bonds is 4. The van der Waals surface area contributed by atoms with E-state index in [-0.39, 0.29) is 5.91 Å². The van der Waals surface area contributed by atoms with Crippen LogP contribution in [0.25, 0.3) is 0 Å². The van der Waals surface area contributed by atoms with E-state index in [2.05, 4.69) is 4.98 Å². The average Bonchev–Trinajstić information content (AvgIpc) is 2.47. The summed E-state index contributed by atoms with van der Waals surface area (Å²) in [5.41, 5.74) is 0.902. The summed E-state index contributed by atoms with van der Waals surface area (Å²) in [5.74, 6) is -0.749. The van der Waals surface area contributed by atoms with Gasteiger partial charge in [0.1, 0.15) is 6.04 Å². The topological polar surface area (TPSA) is 73.7 Å². The number of aliphatic carboxylic acids is 1. The first-order valence-corrected chi connectivity index (χ1v) is 6.71. The number of piperazine rings is 1. The highest BCUT2D eigenvalue weighted by atomic mass is 16.4. The number of pyridine rings is 1. The van der Waals surface area contributed by atoms with Gasteiger partial charge in [-0.25, -0.2) is 0 Å². The molecule has 1 atom stereocenters. The predicted octanol–water partition coefficient (Wildman–Crippen LogP) is 0.241. The van der Waals surface area contributed by atoms with Gasteiger partial charge >= 0.3 is 5.97 Å². The van der Waals surface area contributed by atoms with Gasteiger partial charge in [0.2, 0.25) is 5.91 Å². The first-order valence-electron chi connectivity index (χ1n) is 6.71. The van der Waals surface area contributed by atoms with Gasteiger partial charge in [-0.1, -0.05) is 6.07 Å². The summed E-state index contributed by atoms with van der Waals surface area (Å²) in [4.78, 5) is 30.7. The predicted molar refractivity (Wildman–Crippen MR) is 73.2 cm³/mol. The highest BCUT2D eigenvalue weighted by Crippen LogP contribution is 2.09. The van der Waals surface area contributed by atoms with Crippen molar-refractivity contribution in [3.63, 3.8) is 0 Å². The Morgan fingerprint density at radius 1 is 1.35 bits per heavy atom. The van der Waals surface area contributed by atoms with Crippen LogP contribution in [-0.2, 0) is 16.0 Å². The molecule has 108 valence electrons. The van der Waals surface area contributed by atoms with Crippen LogP contribution in [-0.4, -0.2) is 64.0 Å². The summed E-state index contributed by atoms with van der Waals surface area (Å²) in [6.45, 7) is 4.04. The molecule has 2 heterocycles. The minimum Gasteiger partial charge on any atom is -0.480 e. The molecule has 2 rings (SSSR count). The Morgan fingerprint density at radius 2 is 2.05 bits per heavy atom. The third-order valence-corrected chi connectivity index (χ3v) is 3.65. The summed E-state index contributed by atoms with van der Waals surface area (Å²) in [5, 5.41) is 8.98. The quantitative estimate of drug-likeness (QED) is 0.853. The number of carboxylic acid groups (broad SMARTS) is 1. The molecule has 20 heavy (non-hydrogen) atoms. The fraction of sp³-hybridized carbons (Fsp3) is 0.500. The summed E-state index contributed by atoms with van der Waals surface area (Å²) < 4.78 is 0. The molecule has 0 aliphatic carbocycles. The van der Waals surface area contributed by atoms with Crippen LogP contribution in [0.4, 0.5) is 0 Å². The van der Waals surface area contributed by atoms with Crippen LogP contribution in [0.1, 0.15) is 12.5 Å². The number of aromatic nitrogens is 1. The van der Waals surface area contributed by atoms with Gasteiger partial charge in [-0.3, -0.25) is 19.5 Å². The lowest BCUT2D eigenvalue weighted by Gasteiger charge is -2.36. The van der Waals surface area contributed by atoms with Crippen LogP contribution in [0.3, 0.4) is 0 Å². The zero-order valence-electron chi connectivity index (χ0n) is 11.5. The lowest BCUT2D eigenvalue weighted by molar-refractivity contribution is -0.144. The van der Waals surface area contributed by atoms with Crippen molar-refractivity contribution in [2.75, 3.05) is 26.2 Å². The molecular weight excluding hydrogens is 258 g/mol. The van der Waals surface area contributed by atoms with E-state index in [1.807, 2.05) is 17.0 Å². The van der Waals surface area contributed by atoms with E-state index >= 15 is 0 Å². The highest BCUT2D eigenvalue weighted by Gasteiger charge is 2.26. The number of carbonyl (C=O) groups is 2. The SMILES string of the molecule is CC(C(=O)O)N1CCN(C(=O)Cc2cccnc2)CC1. The number of carboxylic acids is 1. The Bertz CT molecular complexity index is 470. The zero-order chi connectivity index (χ0) is 14.5. The van der Waals surface area contributed by atoms with E-state index in [9.17, 15) is 9.59 Å². The monoisotopic (exact) mass is 277 g/mol. The molecule has 6 nitrogen and oxygen atoms in total. The molecule has 0 saturated carbocycles. The minimum atomic E-state index is -0.819. The fourth-order valence-corrected chi connectivity index (χ4v) is 2.30. The molecule has 1 saturated heterocycles. The Hall–Kier alpha value is -1.95. The largest absolute Gasteiger partial charge is 0.480 e. The summed E-state index contributed by atoms with van der Waals surface area (Å²) in [6.07, 6.45) is 3.73. The van der Waals surface area contributed by atoms with Gasteiger partial charge in [0, 0.05) is 38.6 Å². The first-order chi connectivity index (χ1) is 9.58. The molecule has 1 aliphatic heterocycles. The van der Waals surface area contributed by atoms with Crippen molar-refractivity contribution in [3.8, 4) is 0 Å². The van der Waals surface area contributed by atoms with Gasteiger partial charge in [0.05, 0.1) is 6.42 Å². The molecule has 0 spiro atoms. The van der Waals surface area contributed by atoms with Gasteiger partial charge < -0.3 is 10.0 Å². The molecule has 0 bridgehead atoms. The third kappa shape index (κ3) is 3.54. The van der Waals surface area contributed by atoms with Crippen LogP contribution in [0.2, 0.25) is 0 Å². The van der Waals surface area contributed by atoms with Crippen LogP contribution in [0.5, 0.6) is 0 Å². The van der Waals surface area contributed by atoms with Crippen molar-refractivity contribution in [2.45, 2.75) is 19.4 Å². The maximum atomic E-state index is 12.1. The minimum absolute atomic E-state index is 0.0700. The van der Waals surface area contributed by atoms with E-state index in [1.54, 1.807) is 24.2 Å². The van der Waals surface area contributed by atoms with Crippen molar-refractivity contribution in [2.24, 2.45) is 0 Å². The van der Waals surface area contributed by atoms with Crippen molar-refractivity contribution in [1.82, 2.24) is 14.8 Å². The molecule has 1 aromatic heterocycles. The van der Waals surface area contributed by atoms with E-state index in [0.29, 0.717) is 32.6 Å². The Labute approximate surface area is 118 Å². The number of hydrogen-bond donors (Lipinski definition) is 1. The Morgan fingerprint density at radius 3 is 2.60 bits per heavy atom. The normalized spacial score (nSPS) is 17.8. The number of nitrogens with zero attached hydrogens (tertiary/aromatic N) is 3. The molecule has 6 heteroatoms. The average molecular weight is 277 g/mol. The van der Waals surface area contributed by atoms with E-state index < -0.39 is 12.0 Å². The van der Waals surface area contributed by atoms with Gasteiger partial charge in [0.15, 0.2) is 0 Å². The van der Waals surface area contributed by atoms with Crippen molar-refractivity contribution < 1.29 is 14.7 Å². The van der Waals surface area contributed by atoms with Gasteiger partial charge in [0.25, 0.3) is 0 Å². The zero-order valence-corrected chi connectivity index (χ0v) is 11.5. The Kier molecular flexibility index (Phi) is 4.68. The second-order valence-electron chi connectivity index (χ2n) is 4.97. The standard InChI is InChI=1S/C14H19N3O3/c1-11(14(19)20)16-5-7-17(8-6-16)13(18)9-12-3-2-4-15-10-12/h2-4,10-11H,5-9H2,1H3,(H,19,20). The summed E-state index contributed by atoms with van der Waals surface area (Å²) >= 11 is 0. The lowest BCUT2D eigenvalue weighted by atomic mass is 10.1. The molecule has 1 aliphatic rings. The van der Waals surface area contributed by atoms with Crippen LogP contribution in [0.15, 0.2) is 24.5 Å². The second kappa shape index (κ2) is 6.47. The molecule has 0 aromatic carbocycles. The second-order valence-corrected chi connectivity index (χ2v) is 4.97. The third-order valence-electron chi connectivity index (χ3n) is 3.65. The maximum Gasteiger partial charge on any atom is 0.320 e. The van der Waals surface area contributed by atoms with Gasteiger partial charge in [-0.15, -0.1) is 0 Å². The first kappa shape index (κ1) is 14.5. The van der Waals surface area contributed by atoms with Crippen molar-refractivity contribution in [3.05, 3.63) is 30.1 Å². The van der Waals surface area contributed by atoms with E-state index in [0.717, 1.165) is 5.56 Å². The molecule has 1 fully saturated rings. The van der Waals surface area contributed by atoms with Crippen molar-refractivity contribution >= 4 is 11.9 Å². The van der Waals surface area contributed by atoms with Crippen LogP contribution < -0.4 is 0 Å². The molecule has 1 N–H and O–H groups in total. The van der Waals surface area contributed by atoms with Gasteiger partial charge in [-0.2, -0.15) is 0 Å². The summed E-state index contributed by atoms with van der Waals surface area (Å²) in [7, 11) is 0. The Balaban J connectivity index is 1.84. The van der Waals surface area contributed by atoms with Crippen LogP contribution >= 0.6 is 0 Å². The molecule has 1 aromatic rings. The molecule has 0 radical (unpaired) electrons. The maximum absolute atomic E-state index is 12.1. The molecule has 1 amide bonds. The molecule has 1 unspecified atom stereocenters. The highest BCUT2D eigenvalue weighted by molar-refractivity contribution is 5.79. The van der Waals surface area contributed by atoms with Gasteiger partial charge in [-0.05, 0) is 18.6 Å². The van der Waals surface area contributed by atoms with Crippen molar-refractivity contribution in [1.29, 1.82) is 0 Å². The summed E-state index contributed by atoms with van der Waals surface area (Å²) in [6, 6.07) is 3.20. The smallest absolute Gasteiger partial charge is 0.320 e. The van der Waals surface area contributed by atoms with Crippen LogP contribution in [0, 0.1) is 0 Å². The molecular formula is C14H19N3O3. The van der Waals surface area contributed by atoms with E-state index in [1.165, 1.54) is 0 Å².